The molecule has 0 aliphatic carbocycles. The lowest BCUT2D eigenvalue weighted by molar-refractivity contribution is 0.297. The molecular formula is C17H20BrN3O2S. The number of aliphatic imine (C=N–C) groups is 1. The highest BCUT2D eigenvalue weighted by Crippen LogP contribution is 2.32. The predicted molar refractivity (Wildman–Crippen MR) is 103 cm³/mol. The number of anilines is 1. The fourth-order valence-electron chi connectivity index (χ4n) is 2.35. The monoisotopic (exact) mass is 409 g/mol. The van der Waals surface area contributed by atoms with Crippen molar-refractivity contribution in [2.75, 3.05) is 32.1 Å². The maximum atomic E-state index is 5.72. The van der Waals surface area contributed by atoms with Crippen molar-refractivity contribution in [2.45, 2.75) is 12.8 Å². The summed E-state index contributed by atoms with van der Waals surface area (Å²) in [6.07, 6.45) is 1.86. The molecule has 1 aromatic carbocycles. The summed E-state index contributed by atoms with van der Waals surface area (Å²) in [4.78, 5) is 5.60. The summed E-state index contributed by atoms with van der Waals surface area (Å²) in [5, 5.41) is 6.61. The van der Waals surface area contributed by atoms with Crippen LogP contribution in [0.25, 0.3) is 0 Å². The molecule has 0 fully saturated rings. The van der Waals surface area contributed by atoms with Crippen molar-refractivity contribution >= 4 is 38.9 Å². The predicted octanol–water partition coefficient (Wildman–Crippen LogP) is 3.90. The Balaban J connectivity index is 1.56. The normalized spacial score (nSPS) is 14.2. The average Bonchev–Trinajstić information content (AvgIpc) is 2.86. The smallest absolute Gasteiger partial charge is 0.195 e. The minimum Gasteiger partial charge on any atom is -0.490 e. The van der Waals surface area contributed by atoms with Crippen LogP contribution in [0.4, 0.5) is 5.69 Å². The molecule has 24 heavy (non-hydrogen) atoms. The van der Waals surface area contributed by atoms with Crippen LogP contribution in [0.3, 0.4) is 0 Å². The number of guanidine groups is 1. The molecule has 3 rings (SSSR count). The highest BCUT2D eigenvalue weighted by atomic mass is 79.9. The first kappa shape index (κ1) is 17.1. The molecular weight excluding hydrogens is 390 g/mol. The Morgan fingerprint density at radius 2 is 2.04 bits per heavy atom. The van der Waals surface area contributed by atoms with E-state index in [4.69, 9.17) is 9.47 Å². The van der Waals surface area contributed by atoms with Gasteiger partial charge in [0.25, 0.3) is 0 Å². The van der Waals surface area contributed by atoms with Crippen molar-refractivity contribution in [2.24, 2.45) is 4.99 Å². The maximum absolute atomic E-state index is 5.72. The second kappa shape index (κ2) is 8.39. The number of thiophene rings is 1. The van der Waals surface area contributed by atoms with Crippen molar-refractivity contribution in [3.63, 3.8) is 0 Å². The molecule has 0 unspecified atom stereocenters. The molecule has 1 aliphatic rings. The Hall–Kier alpha value is -1.73. The van der Waals surface area contributed by atoms with E-state index in [1.807, 2.05) is 18.2 Å². The Morgan fingerprint density at radius 1 is 1.21 bits per heavy atom. The lowest BCUT2D eigenvalue weighted by Gasteiger charge is -2.13. The van der Waals surface area contributed by atoms with Crippen LogP contribution in [-0.2, 0) is 6.42 Å². The lowest BCUT2D eigenvalue weighted by atomic mass is 10.2. The molecule has 0 saturated carbocycles. The van der Waals surface area contributed by atoms with Gasteiger partial charge < -0.3 is 20.1 Å². The Morgan fingerprint density at radius 3 is 2.79 bits per heavy atom. The number of hydrogen-bond donors (Lipinski definition) is 2. The van der Waals surface area contributed by atoms with E-state index in [0.717, 1.165) is 46.3 Å². The Bertz CT molecular complexity index is 718. The van der Waals surface area contributed by atoms with Gasteiger partial charge in [-0.25, -0.2) is 0 Å². The van der Waals surface area contributed by atoms with E-state index in [9.17, 15) is 0 Å². The molecule has 0 radical (unpaired) electrons. The number of fused-ring (bicyclic) bond motifs is 1. The molecule has 0 atom stereocenters. The zero-order valence-electron chi connectivity index (χ0n) is 13.5. The first-order valence-electron chi connectivity index (χ1n) is 7.86. The van der Waals surface area contributed by atoms with Crippen LogP contribution < -0.4 is 20.1 Å². The molecule has 128 valence electrons. The Labute approximate surface area is 154 Å². The van der Waals surface area contributed by atoms with E-state index < -0.39 is 0 Å². The van der Waals surface area contributed by atoms with Crippen molar-refractivity contribution in [3.05, 3.63) is 39.0 Å². The summed E-state index contributed by atoms with van der Waals surface area (Å²) in [6.45, 7) is 2.19. The first-order valence-corrected chi connectivity index (χ1v) is 9.47. The largest absolute Gasteiger partial charge is 0.490 e. The molecule has 2 heterocycles. The second-order valence-electron chi connectivity index (χ2n) is 5.29. The molecule has 5 nitrogen and oxygen atoms in total. The SMILES string of the molecule is CN=C(NCCc1ccc(Br)s1)Nc1ccc2c(c1)OCCCO2. The summed E-state index contributed by atoms with van der Waals surface area (Å²) >= 11 is 5.24. The zero-order chi connectivity index (χ0) is 16.8. The van der Waals surface area contributed by atoms with Crippen LogP contribution in [-0.4, -0.2) is 32.8 Å². The topological polar surface area (TPSA) is 54.9 Å². The highest BCUT2D eigenvalue weighted by Gasteiger charge is 2.11. The lowest BCUT2D eigenvalue weighted by Crippen LogP contribution is -2.32. The van der Waals surface area contributed by atoms with E-state index >= 15 is 0 Å². The van der Waals surface area contributed by atoms with Gasteiger partial charge in [-0.1, -0.05) is 0 Å². The van der Waals surface area contributed by atoms with E-state index in [1.165, 1.54) is 4.88 Å². The van der Waals surface area contributed by atoms with E-state index in [1.54, 1.807) is 18.4 Å². The van der Waals surface area contributed by atoms with E-state index in [2.05, 4.69) is 43.7 Å². The third kappa shape index (κ3) is 4.64. The van der Waals surface area contributed by atoms with Gasteiger partial charge in [0.1, 0.15) is 0 Å². The van der Waals surface area contributed by atoms with E-state index in [-0.39, 0.29) is 0 Å². The van der Waals surface area contributed by atoms with Crippen LogP contribution in [0.2, 0.25) is 0 Å². The Kier molecular flexibility index (Phi) is 5.98. The molecule has 2 N–H and O–H groups in total. The van der Waals surface area contributed by atoms with Crippen LogP contribution in [0, 0.1) is 0 Å². The summed E-state index contributed by atoms with van der Waals surface area (Å²) in [5.41, 5.74) is 0.922. The molecule has 1 aliphatic heterocycles. The van der Waals surface area contributed by atoms with Crippen molar-refractivity contribution in [1.82, 2.24) is 5.32 Å². The van der Waals surface area contributed by atoms with Gasteiger partial charge in [0.15, 0.2) is 17.5 Å². The van der Waals surface area contributed by atoms with Gasteiger partial charge in [-0.2, -0.15) is 0 Å². The van der Waals surface area contributed by atoms with E-state index in [0.29, 0.717) is 13.2 Å². The summed E-state index contributed by atoms with van der Waals surface area (Å²) in [6, 6.07) is 10.1. The minimum atomic E-state index is 0.680. The number of ether oxygens (including phenoxy) is 2. The minimum absolute atomic E-state index is 0.680. The molecule has 7 heteroatoms. The number of benzene rings is 1. The van der Waals surface area contributed by atoms with Crippen molar-refractivity contribution in [1.29, 1.82) is 0 Å². The number of nitrogens with one attached hydrogen (secondary N) is 2. The fourth-order valence-corrected chi connectivity index (χ4v) is 3.83. The number of rotatable bonds is 4. The third-order valence-corrected chi connectivity index (χ3v) is 5.21. The van der Waals surface area contributed by atoms with Gasteiger partial charge in [0, 0.05) is 36.6 Å². The summed E-state index contributed by atoms with van der Waals surface area (Å²) in [5.74, 6) is 2.31. The van der Waals surface area contributed by atoms with Crippen LogP contribution in [0.5, 0.6) is 11.5 Å². The zero-order valence-corrected chi connectivity index (χ0v) is 15.9. The fraction of sp³-hybridized carbons (Fsp3) is 0.353. The molecule has 2 aromatic rings. The molecule has 1 aromatic heterocycles. The van der Waals surface area contributed by atoms with Crippen molar-refractivity contribution in [3.8, 4) is 11.5 Å². The van der Waals surface area contributed by atoms with Gasteiger partial charge in [0.2, 0.25) is 0 Å². The third-order valence-electron chi connectivity index (χ3n) is 3.53. The van der Waals surface area contributed by atoms with Gasteiger partial charge in [0.05, 0.1) is 17.0 Å². The molecule has 0 saturated heterocycles. The molecule has 0 bridgehead atoms. The standard InChI is InChI=1S/C17H20BrN3O2S/c1-19-17(20-8-7-13-4-6-16(18)24-13)21-12-3-5-14-15(11-12)23-10-2-9-22-14/h3-6,11H,2,7-10H2,1H3,(H2,19,20,21). The van der Waals surface area contributed by atoms with Crippen LogP contribution in [0.1, 0.15) is 11.3 Å². The van der Waals surface area contributed by atoms with Gasteiger partial charge in [-0.3, -0.25) is 4.99 Å². The molecule has 0 amide bonds. The second-order valence-corrected chi connectivity index (χ2v) is 7.84. The number of nitrogens with zero attached hydrogens (tertiary/aromatic N) is 1. The number of halogens is 1. The maximum Gasteiger partial charge on any atom is 0.195 e. The molecule has 0 spiro atoms. The number of hydrogen-bond acceptors (Lipinski definition) is 4. The van der Waals surface area contributed by atoms with Gasteiger partial charge in [-0.15, -0.1) is 11.3 Å². The summed E-state index contributed by atoms with van der Waals surface area (Å²) in [7, 11) is 1.76. The van der Waals surface area contributed by atoms with Gasteiger partial charge in [-0.05, 0) is 46.6 Å². The first-order chi connectivity index (χ1) is 11.7. The quantitative estimate of drug-likeness (QED) is 0.593. The van der Waals surface area contributed by atoms with Crippen LogP contribution in [0.15, 0.2) is 39.1 Å². The van der Waals surface area contributed by atoms with Crippen molar-refractivity contribution < 1.29 is 9.47 Å². The van der Waals surface area contributed by atoms with Crippen LogP contribution >= 0.6 is 27.3 Å². The summed E-state index contributed by atoms with van der Waals surface area (Å²) < 4.78 is 12.5. The van der Waals surface area contributed by atoms with Gasteiger partial charge >= 0.3 is 0 Å². The highest BCUT2D eigenvalue weighted by molar-refractivity contribution is 9.11. The average molecular weight is 410 g/mol.